The zero-order valence-corrected chi connectivity index (χ0v) is 11.5. The Kier molecular flexibility index (Phi) is 4.10. The number of anilines is 1. The van der Waals surface area contributed by atoms with E-state index in [1.807, 2.05) is 11.8 Å². The van der Waals surface area contributed by atoms with Gasteiger partial charge in [0.2, 0.25) is 0 Å². The van der Waals surface area contributed by atoms with E-state index in [-0.39, 0.29) is 0 Å². The van der Waals surface area contributed by atoms with E-state index in [1.54, 1.807) is 11.3 Å². The number of aromatic nitrogens is 1. The van der Waals surface area contributed by atoms with Crippen molar-refractivity contribution < 1.29 is 0 Å². The molecule has 1 fully saturated rings. The molecule has 0 atom stereocenters. The van der Waals surface area contributed by atoms with Gasteiger partial charge in [-0.1, -0.05) is 13.8 Å². The van der Waals surface area contributed by atoms with Crippen LogP contribution in [0.1, 0.15) is 30.3 Å². The molecule has 3 nitrogen and oxygen atoms in total. The second-order valence-electron chi connectivity index (χ2n) is 4.26. The Morgan fingerprint density at radius 1 is 1.38 bits per heavy atom. The predicted molar refractivity (Wildman–Crippen MR) is 73.6 cm³/mol. The summed E-state index contributed by atoms with van der Waals surface area (Å²) < 4.78 is 0. The fourth-order valence-electron chi connectivity index (χ4n) is 1.84. The summed E-state index contributed by atoms with van der Waals surface area (Å²) in [5.41, 5.74) is 6.97. The highest BCUT2D eigenvalue weighted by Gasteiger charge is 2.18. The maximum atomic E-state index is 5.78. The molecule has 1 aliphatic heterocycles. The molecule has 0 unspecified atom stereocenters. The highest BCUT2D eigenvalue weighted by atomic mass is 32.2. The Morgan fingerprint density at radius 3 is 2.56 bits per heavy atom. The molecule has 0 saturated carbocycles. The summed E-state index contributed by atoms with van der Waals surface area (Å²) in [7, 11) is 0. The number of thioether (sulfide) groups is 1. The molecule has 16 heavy (non-hydrogen) atoms. The van der Waals surface area contributed by atoms with Crippen molar-refractivity contribution in [2.75, 3.05) is 29.5 Å². The summed E-state index contributed by atoms with van der Waals surface area (Å²) in [6, 6.07) is 0. The quantitative estimate of drug-likeness (QED) is 0.902. The van der Waals surface area contributed by atoms with Gasteiger partial charge in [-0.3, -0.25) is 0 Å². The summed E-state index contributed by atoms with van der Waals surface area (Å²) >= 11 is 3.80. The lowest BCUT2D eigenvalue weighted by Gasteiger charge is -2.25. The average molecular weight is 257 g/mol. The number of thiazole rings is 1. The van der Waals surface area contributed by atoms with Crippen LogP contribution in [0.25, 0.3) is 0 Å². The van der Waals surface area contributed by atoms with E-state index >= 15 is 0 Å². The van der Waals surface area contributed by atoms with E-state index < -0.39 is 0 Å². The van der Waals surface area contributed by atoms with Gasteiger partial charge in [-0.05, 0) is 5.92 Å². The van der Waals surface area contributed by atoms with Crippen molar-refractivity contribution in [3.05, 3.63) is 10.6 Å². The summed E-state index contributed by atoms with van der Waals surface area (Å²) in [6.07, 6.45) is 0. The molecule has 0 aromatic carbocycles. The molecule has 2 rings (SSSR count). The third-order valence-corrected chi connectivity index (χ3v) is 4.83. The van der Waals surface area contributed by atoms with Gasteiger partial charge in [0.05, 0.1) is 5.69 Å². The van der Waals surface area contributed by atoms with Crippen molar-refractivity contribution in [3.63, 3.8) is 0 Å². The molecule has 1 saturated heterocycles. The topological polar surface area (TPSA) is 42.2 Å². The van der Waals surface area contributed by atoms with Crippen LogP contribution >= 0.6 is 23.1 Å². The molecular weight excluding hydrogens is 238 g/mol. The third kappa shape index (κ3) is 2.52. The molecule has 1 aromatic heterocycles. The van der Waals surface area contributed by atoms with Gasteiger partial charge in [0.15, 0.2) is 5.13 Å². The number of hydrogen-bond acceptors (Lipinski definition) is 5. The van der Waals surface area contributed by atoms with Gasteiger partial charge in [0, 0.05) is 36.0 Å². The van der Waals surface area contributed by atoms with E-state index in [4.69, 9.17) is 10.7 Å². The molecule has 0 amide bonds. The molecule has 1 aliphatic rings. The SMILES string of the molecule is CC(C)c1nc(N2CCSCC2)sc1CN. The molecule has 90 valence electrons. The number of rotatable bonds is 3. The molecule has 2 heterocycles. The minimum absolute atomic E-state index is 0.475. The molecule has 5 heteroatoms. The van der Waals surface area contributed by atoms with Gasteiger partial charge >= 0.3 is 0 Å². The standard InChI is InChI=1S/C11H19N3S2/c1-8(2)10-9(7-12)16-11(13-10)14-3-5-15-6-4-14/h8H,3-7,12H2,1-2H3. The number of hydrogen-bond donors (Lipinski definition) is 1. The molecule has 0 aliphatic carbocycles. The summed E-state index contributed by atoms with van der Waals surface area (Å²) in [5.74, 6) is 2.91. The summed E-state index contributed by atoms with van der Waals surface area (Å²) in [4.78, 5) is 8.41. The zero-order chi connectivity index (χ0) is 11.5. The van der Waals surface area contributed by atoms with Gasteiger partial charge in [-0.15, -0.1) is 11.3 Å². The Morgan fingerprint density at radius 2 is 2.06 bits per heavy atom. The van der Waals surface area contributed by atoms with Crippen LogP contribution in [0.15, 0.2) is 0 Å². The molecule has 2 N–H and O–H groups in total. The van der Waals surface area contributed by atoms with E-state index in [9.17, 15) is 0 Å². The second-order valence-corrected chi connectivity index (χ2v) is 6.55. The van der Waals surface area contributed by atoms with Crippen molar-refractivity contribution >= 4 is 28.2 Å². The minimum Gasteiger partial charge on any atom is -0.346 e. The van der Waals surface area contributed by atoms with E-state index in [0.717, 1.165) is 13.1 Å². The first kappa shape index (κ1) is 12.2. The largest absolute Gasteiger partial charge is 0.346 e. The zero-order valence-electron chi connectivity index (χ0n) is 9.90. The molecular formula is C11H19N3S2. The second kappa shape index (κ2) is 5.38. The average Bonchev–Trinajstić information content (AvgIpc) is 2.74. The first-order chi connectivity index (χ1) is 7.72. The Labute approximate surface area is 105 Å². The van der Waals surface area contributed by atoms with Gasteiger partial charge in [0.1, 0.15) is 0 Å². The van der Waals surface area contributed by atoms with Gasteiger partial charge < -0.3 is 10.6 Å². The molecule has 0 spiro atoms. The van der Waals surface area contributed by atoms with Crippen LogP contribution in [0.4, 0.5) is 5.13 Å². The van der Waals surface area contributed by atoms with Crippen molar-refractivity contribution in [3.8, 4) is 0 Å². The van der Waals surface area contributed by atoms with E-state index in [1.165, 1.54) is 27.2 Å². The van der Waals surface area contributed by atoms with Crippen molar-refractivity contribution in [1.29, 1.82) is 0 Å². The summed E-state index contributed by atoms with van der Waals surface area (Å²) in [6.45, 7) is 7.24. The number of nitrogens with zero attached hydrogens (tertiary/aromatic N) is 2. The molecule has 0 radical (unpaired) electrons. The van der Waals surface area contributed by atoms with E-state index in [0.29, 0.717) is 12.5 Å². The molecule has 1 aromatic rings. The van der Waals surface area contributed by atoms with Gasteiger partial charge in [-0.2, -0.15) is 11.8 Å². The number of nitrogens with two attached hydrogens (primary N) is 1. The Bertz CT molecular complexity index is 343. The van der Waals surface area contributed by atoms with Crippen molar-refractivity contribution in [1.82, 2.24) is 4.98 Å². The lowest BCUT2D eigenvalue weighted by atomic mass is 10.1. The normalized spacial score (nSPS) is 17.1. The first-order valence-corrected chi connectivity index (χ1v) is 7.72. The van der Waals surface area contributed by atoms with Crippen molar-refractivity contribution in [2.24, 2.45) is 5.73 Å². The molecule has 0 bridgehead atoms. The maximum absolute atomic E-state index is 5.78. The Hall–Kier alpha value is -0.260. The van der Waals surface area contributed by atoms with Gasteiger partial charge in [0.25, 0.3) is 0 Å². The Balaban J connectivity index is 2.20. The smallest absolute Gasteiger partial charge is 0.185 e. The first-order valence-electron chi connectivity index (χ1n) is 5.74. The maximum Gasteiger partial charge on any atom is 0.185 e. The van der Waals surface area contributed by atoms with Crippen molar-refractivity contribution in [2.45, 2.75) is 26.3 Å². The van der Waals surface area contributed by atoms with Crippen LogP contribution < -0.4 is 10.6 Å². The minimum atomic E-state index is 0.475. The van der Waals surface area contributed by atoms with Crippen LogP contribution in [-0.4, -0.2) is 29.6 Å². The third-order valence-electron chi connectivity index (χ3n) is 2.73. The summed E-state index contributed by atoms with van der Waals surface area (Å²) in [5, 5.41) is 1.17. The highest BCUT2D eigenvalue weighted by molar-refractivity contribution is 7.99. The monoisotopic (exact) mass is 257 g/mol. The van der Waals surface area contributed by atoms with E-state index in [2.05, 4.69) is 18.7 Å². The fourth-order valence-corrected chi connectivity index (χ4v) is 3.89. The lowest BCUT2D eigenvalue weighted by Crippen LogP contribution is -2.32. The predicted octanol–water partition coefficient (Wildman–Crippen LogP) is 2.28. The van der Waals surface area contributed by atoms with Crippen LogP contribution in [-0.2, 0) is 6.54 Å². The van der Waals surface area contributed by atoms with Crippen LogP contribution in [0, 0.1) is 0 Å². The van der Waals surface area contributed by atoms with Crippen LogP contribution in [0.2, 0.25) is 0 Å². The highest BCUT2D eigenvalue weighted by Crippen LogP contribution is 2.31. The fraction of sp³-hybridized carbons (Fsp3) is 0.727. The van der Waals surface area contributed by atoms with Crippen LogP contribution in [0.5, 0.6) is 0 Å². The van der Waals surface area contributed by atoms with Crippen LogP contribution in [0.3, 0.4) is 0 Å². The van der Waals surface area contributed by atoms with Gasteiger partial charge in [-0.25, -0.2) is 4.98 Å². The lowest BCUT2D eigenvalue weighted by molar-refractivity contribution is 0.796.